The fraction of sp³-hybridized carbons (Fsp3) is 0.346. The monoisotopic (exact) mass is 514 g/mol. The summed E-state index contributed by atoms with van der Waals surface area (Å²) in [6.07, 6.45) is 2.21. The fourth-order valence-electron chi connectivity index (χ4n) is 4.45. The summed E-state index contributed by atoms with van der Waals surface area (Å²) in [4.78, 5) is 16.7. The van der Waals surface area contributed by atoms with Gasteiger partial charge in [0.05, 0.1) is 17.5 Å². The van der Waals surface area contributed by atoms with E-state index in [9.17, 15) is 17.6 Å². The molecule has 5 rings (SSSR count). The zero-order chi connectivity index (χ0) is 24.6. The maximum atomic E-state index is 13.6. The molecule has 2 aliphatic rings. The van der Waals surface area contributed by atoms with Crippen LogP contribution in [0.15, 0.2) is 64.9 Å². The van der Waals surface area contributed by atoms with Crippen LogP contribution in [0.5, 0.6) is 5.75 Å². The number of sulfonamides is 1. The highest BCUT2D eigenvalue weighted by Crippen LogP contribution is 2.36. The lowest BCUT2D eigenvalue weighted by Gasteiger charge is -2.37. The number of hydrogen-bond donors (Lipinski definition) is 0. The number of aryl methyl sites for hydroxylation is 1. The summed E-state index contributed by atoms with van der Waals surface area (Å²) >= 11 is 1.64. The topological polar surface area (TPSA) is 66.9 Å². The Balaban J connectivity index is 1.37. The van der Waals surface area contributed by atoms with Crippen LogP contribution in [0.2, 0.25) is 0 Å². The van der Waals surface area contributed by atoms with E-state index in [1.807, 2.05) is 18.4 Å². The van der Waals surface area contributed by atoms with Crippen molar-refractivity contribution in [3.8, 4) is 5.75 Å². The molecule has 1 saturated carbocycles. The van der Waals surface area contributed by atoms with E-state index in [4.69, 9.17) is 4.74 Å². The van der Waals surface area contributed by atoms with Gasteiger partial charge >= 0.3 is 0 Å². The molecule has 1 atom stereocenters. The van der Waals surface area contributed by atoms with E-state index in [0.29, 0.717) is 18.7 Å². The molecular weight excluding hydrogens is 487 g/mol. The molecule has 0 unspecified atom stereocenters. The van der Waals surface area contributed by atoms with Crippen LogP contribution in [0.3, 0.4) is 0 Å². The molecule has 1 fully saturated rings. The summed E-state index contributed by atoms with van der Waals surface area (Å²) < 4.78 is 47.7. The zero-order valence-electron chi connectivity index (χ0n) is 19.4. The second-order valence-electron chi connectivity index (χ2n) is 9.01. The first-order chi connectivity index (χ1) is 16.8. The van der Waals surface area contributed by atoms with Crippen LogP contribution in [0.25, 0.3) is 0 Å². The Morgan fingerprint density at radius 1 is 1.17 bits per heavy atom. The van der Waals surface area contributed by atoms with Gasteiger partial charge in [-0.2, -0.15) is 4.31 Å². The zero-order valence-corrected chi connectivity index (χ0v) is 21.0. The van der Waals surface area contributed by atoms with Gasteiger partial charge in [-0.3, -0.25) is 4.79 Å². The third-order valence-electron chi connectivity index (χ3n) is 6.49. The Kier molecular flexibility index (Phi) is 6.65. The average molecular weight is 515 g/mol. The molecule has 1 aliphatic carbocycles. The lowest BCUT2D eigenvalue weighted by molar-refractivity contribution is -0.135. The molecule has 2 aromatic carbocycles. The molecule has 1 aromatic heterocycles. The molecule has 0 bridgehead atoms. The molecule has 1 amide bonds. The fourth-order valence-corrected chi connectivity index (χ4v) is 7.01. The normalized spacial score (nSPS) is 17.9. The van der Waals surface area contributed by atoms with Crippen molar-refractivity contribution in [2.24, 2.45) is 0 Å². The Morgan fingerprint density at radius 3 is 2.66 bits per heavy atom. The highest BCUT2D eigenvalue weighted by molar-refractivity contribution is 7.89. The maximum absolute atomic E-state index is 13.6. The van der Waals surface area contributed by atoms with Crippen LogP contribution in [0, 0.1) is 12.7 Å². The predicted molar refractivity (Wildman–Crippen MR) is 132 cm³/mol. The maximum Gasteiger partial charge on any atom is 0.243 e. The number of halogens is 1. The Morgan fingerprint density at radius 2 is 1.94 bits per heavy atom. The van der Waals surface area contributed by atoms with Crippen molar-refractivity contribution >= 4 is 27.3 Å². The highest BCUT2D eigenvalue weighted by atomic mass is 32.2. The van der Waals surface area contributed by atoms with E-state index in [1.54, 1.807) is 52.6 Å². The van der Waals surface area contributed by atoms with Crippen LogP contribution in [0.1, 0.15) is 34.9 Å². The average Bonchev–Trinajstić information content (AvgIpc) is 3.56. The van der Waals surface area contributed by atoms with Crippen molar-refractivity contribution in [1.82, 2.24) is 9.21 Å². The lowest BCUT2D eigenvalue weighted by Crippen LogP contribution is -2.48. The van der Waals surface area contributed by atoms with Crippen molar-refractivity contribution < 1.29 is 22.3 Å². The Bertz CT molecular complexity index is 1320. The molecule has 2 heterocycles. The van der Waals surface area contributed by atoms with E-state index in [-0.39, 0.29) is 36.0 Å². The first-order valence-electron chi connectivity index (χ1n) is 11.7. The molecular formula is C26H27FN2O4S2. The SMILES string of the molecule is Cc1ccc(S(=O)(=O)N(CC(=O)N2CCc3sccc3[C@H]2COc2cccc(F)c2)C2CC2)cc1. The molecule has 9 heteroatoms. The van der Waals surface area contributed by atoms with Crippen LogP contribution >= 0.6 is 11.3 Å². The quantitative estimate of drug-likeness (QED) is 0.442. The van der Waals surface area contributed by atoms with E-state index in [1.165, 1.54) is 21.3 Å². The number of carbonyl (C=O) groups excluding carboxylic acids is 1. The smallest absolute Gasteiger partial charge is 0.243 e. The molecule has 1 aliphatic heterocycles. The standard InChI is InChI=1S/C26H27FN2O4S2/c1-18-5-9-22(10-6-18)35(31,32)29(20-7-8-20)16-26(30)28-13-11-25-23(12-14-34-25)24(28)17-33-21-4-2-3-19(27)15-21/h2-6,9-10,12,14-15,20,24H,7-8,11,13,16-17H2,1H3/t24-/m1/s1. The molecule has 35 heavy (non-hydrogen) atoms. The number of benzene rings is 2. The number of thiophene rings is 1. The van der Waals surface area contributed by atoms with Gasteiger partial charge in [0.2, 0.25) is 15.9 Å². The van der Waals surface area contributed by atoms with Crippen LogP contribution in [-0.4, -0.2) is 49.3 Å². The van der Waals surface area contributed by atoms with E-state index in [0.717, 1.165) is 24.0 Å². The largest absolute Gasteiger partial charge is 0.491 e. The number of amides is 1. The van der Waals surface area contributed by atoms with Gasteiger partial charge in [-0.1, -0.05) is 23.8 Å². The molecule has 0 N–H and O–H groups in total. The first kappa shape index (κ1) is 24.0. The number of carbonyl (C=O) groups is 1. The summed E-state index contributed by atoms with van der Waals surface area (Å²) in [5.74, 6) is -0.254. The van der Waals surface area contributed by atoms with Gasteiger partial charge in [0.25, 0.3) is 0 Å². The highest BCUT2D eigenvalue weighted by Gasteiger charge is 2.41. The summed E-state index contributed by atoms with van der Waals surface area (Å²) in [5.41, 5.74) is 1.98. The van der Waals surface area contributed by atoms with Gasteiger partial charge in [0.1, 0.15) is 18.2 Å². The molecule has 0 spiro atoms. The van der Waals surface area contributed by atoms with Gasteiger partial charge in [0.15, 0.2) is 0 Å². The van der Waals surface area contributed by atoms with E-state index in [2.05, 4.69) is 0 Å². The van der Waals surface area contributed by atoms with Gasteiger partial charge < -0.3 is 9.64 Å². The summed E-state index contributed by atoms with van der Waals surface area (Å²) in [7, 11) is -3.80. The number of hydrogen-bond acceptors (Lipinski definition) is 5. The minimum atomic E-state index is -3.80. The number of ether oxygens (including phenoxy) is 1. The van der Waals surface area contributed by atoms with E-state index < -0.39 is 15.8 Å². The van der Waals surface area contributed by atoms with Crippen molar-refractivity contribution in [3.63, 3.8) is 0 Å². The number of nitrogens with zero attached hydrogens (tertiary/aromatic N) is 2. The molecule has 0 radical (unpaired) electrons. The lowest BCUT2D eigenvalue weighted by atomic mass is 10.0. The third-order valence-corrected chi connectivity index (χ3v) is 9.40. The van der Waals surface area contributed by atoms with Crippen LogP contribution in [0.4, 0.5) is 4.39 Å². The van der Waals surface area contributed by atoms with Crippen molar-refractivity contribution in [3.05, 3.63) is 81.8 Å². The summed E-state index contributed by atoms with van der Waals surface area (Å²) in [6, 6.07) is 14.1. The summed E-state index contributed by atoms with van der Waals surface area (Å²) in [5, 5.41) is 1.99. The van der Waals surface area contributed by atoms with E-state index >= 15 is 0 Å². The van der Waals surface area contributed by atoms with Gasteiger partial charge in [-0.15, -0.1) is 11.3 Å². The molecule has 184 valence electrons. The third kappa shape index (κ3) is 5.12. The van der Waals surface area contributed by atoms with Crippen molar-refractivity contribution in [2.45, 2.75) is 43.2 Å². The Hall–Kier alpha value is -2.75. The molecule has 6 nitrogen and oxygen atoms in total. The van der Waals surface area contributed by atoms with Gasteiger partial charge in [-0.05, 0) is 67.5 Å². The van der Waals surface area contributed by atoms with Gasteiger partial charge in [0, 0.05) is 23.5 Å². The predicted octanol–water partition coefficient (Wildman–Crippen LogP) is 4.55. The second-order valence-corrected chi connectivity index (χ2v) is 11.9. The van der Waals surface area contributed by atoms with Crippen LogP contribution in [-0.2, 0) is 21.2 Å². The summed E-state index contributed by atoms with van der Waals surface area (Å²) in [6.45, 7) is 2.33. The minimum absolute atomic E-state index is 0.159. The Labute approximate surface area is 209 Å². The number of rotatable bonds is 8. The minimum Gasteiger partial charge on any atom is -0.491 e. The van der Waals surface area contributed by atoms with Crippen molar-refractivity contribution in [1.29, 1.82) is 0 Å². The van der Waals surface area contributed by atoms with Crippen LogP contribution < -0.4 is 4.74 Å². The van der Waals surface area contributed by atoms with Crippen molar-refractivity contribution in [2.75, 3.05) is 19.7 Å². The number of fused-ring (bicyclic) bond motifs is 1. The first-order valence-corrected chi connectivity index (χ1v) is 14.0. The second kappa shape index (κ2) is 9.72. The molecule has 3 aromatic rings. The molecule has 0 saturated heterocycles. The van der Waals surface area contributed by atoms with Gasteiger partial charge in [-0.25, -0.2) is 12.8 Å².